The number of hydrogen-bond acceptors (Lipinski definition) is 4. The maximum atomic E-state index is 5.49. The van der Waals surface area contributed by atoms with Crippen molar-refractivity contribution in [3.05, 3.63) is 22.6 Å². The highest BCUT2D eigenvalue weighted by Gasteiger charge is 2.09. The number of ether oxygens (including phenoxy) is 1. The molecular weight excluding hydrogens is 284 g/mol. The molecule has 0 aliphatic heterocycles. The van der Waals surface area contributed by atoms with Crippen LogP contribution in [0.5, 0.6) is 0 Å². The molecule has 0 aromatic carbocycles. The Hall–Kier alpha value is -0.360. The van der Waals surface area contributed by atoms with Crippen molar-refractivity contribution in [2.75, 3.05) is 40.4 Å². The van der Waals surface area contributed by atoms with E-state index >= 15 is 0 Å². The molecule has 0 amide bonds. The van der Waals surface area contributed by atoms with Gasteiger partial charge >= 0.3 is 0 Å². The van der Waals surface area contributed by atoms with Crippen LogP contribution in [0.15, 0.2) is 21.2 Å². The summed E-state index contributed by atoms with van der Waals surface area (Å²) < 4.78 is 11.3. The smallest absolute Gasteiger partial charge is 0.169 e. The van der Waals surface area contributed by atoms with Crippen molar-refractivity contribution in [1.82, 2.24) is 10.2 Å². The monoisotopic (exact) mass is 304 g/mol. The molecule has 0 aliphatic carbocycles. The van der Waals surface area contributed by atoms with Crippen LogP contribution in [0.3, 0.4) is 0 Å². The van der Waals surface area contributed by atoms with E-state index in [1.807, 2.05) is 12.1 Å². The number of likely N-dealkylation sites (N-methyl/N-ethyl adjacent to an activating group) is 1. The molecule has 0 bridgehead atoms. The summed E-state index contributed by atoms with van der Waals surface area (Å²) in [4.78, 5) is 2.24. The molecule has 0 saturated heterocycles. The Morgan fingerprint density at radius 3 is 2.82 bits per heavy atom. The molecule has 0 saturated carbocycles. The van der Waals surface area contributed by atoms with Crippen molar-refractivity contribution in [1.29, 1.82) is 0 Å². The van der Waals surface area contributed by atoms with E-state index in [4.69, 9.17) is 9.15 Å². The molecule has 0 aliphatic rings. The number of furan rings is 1. The van der Waals surface area contributed by atoms with E-state index < -0.39 is 0 Å². The van der Waals surface area contributed by atoms with Crippen LogP contribution in [0.25, 0.3) is 0 Å². The molecule has 1 rings (SSSR count). The lowest BCUT2D eigenvalue weighted by atomic mass is 10.2. The largest absolute Gasteiger partial charge is 0.453 e. The van der Waals surface area contributed by atoms with E-state index in [0.29, 0.717) is 0 Å². The molecule has 1 heterocycles. The highest BCUT2D eigenvalue weighted by molar-refractivity contribution is 9.10. The Bertz CT molecular complexity index is 317. The van der Waals surface area contributed by atoms with Gasteiger partial charge in [-0.1, -0.05) is 0 Å². The standard InChI is InChI=1S/C12H21BrN2O2/c1-10(11-4-5-12(13)17-11)14-6-7-15(2)8-9-16-3/h4-5,10,14H,6-9H2,1-3H3. The van der Waals surface area contributed by atoms with Gasteiger partial charge in [-0.3, -0.25) is 0 Å². The highest BCUT2D eigenvalue weighted by Crippen LogP contribution is 2.19. The number of hydrogen-bond donors (Lipinski definition) is 1. The maximum Gasteiger partial charge on any atom is 0.169 e. The second-order valence-electron chi connectivity index (χ2n) is 4.11. The number of methoxy groups -OCH3 is 1. The van der Waals surface area contributed by atoms with Gasteiger partial charge in [0.05, 0.1) is 12.6 Å². The van der Waals surface area contributed by atoms with Gasteiger partial charge in [0.15, 0.2) is 4.67 Å². The first-order chi connectivity index (χ1) is 8.13. The first kappa shape index (κ1) is 14.7. The Balaban J connectivity index is 2.18. The summed E-state index contributed by atoms with van der Waals surface area (Å²) in [6.07, 6.45) is 0. The molecule has 1 unspecified atom stereocenters. The maximum absolute atomic E-state index is 5.49. The van der Waals surface area contributed by atoms with Crippen molar-refractivity contribution < 1.29 is 9.15 Å². The number of rotatable bonds is 8. The average Bonchev–Trinajstić information content (AvgIpc) is 2.73. The Morgan fingerprint density at radius 1 is 1.47 bits per heavy atom. The van der Waals surface area contributed by atoms with Crippen LogP contribution in [0.1, 0.15) is 18.7 Å². The summed E-state index contributed by atoms with van der Waals surface area (Å²) in [5.74, 6) is 0.955. The number of halogens is 1. The molecule has 0 fully saturated rings. The SMILES string of the molecule is COCCN(C)CCNC(C)c1ccc(Br)o1. The zero-order chi connectivity index (χ0) is 12.7. The van der Waals surface area contributed by atoms with Crippen molar-refractivity contribution in [3.8, 4) is 0 Å². The second kappa shape index (κ2) is 7.87. The Labute approximate surface area is 111 Å². The van der Waals surface area contributed by atoms with Gasteiger partial charge in [-0.25, -0.2) is 0 Å². The quantitative estimate of drug-likeness (QED) is 0.799. The third-order valence-electron chi connectivity index (χ3n) is 2.64. The minimum absolute atomic E-state index is 0.233. The summed E-state index contributed by atoms with van der Waals surface area (Å²) in [6, 6.07) is 4.13. The third-order valence-corrected chi connectivity index (χ3v) is 3.07. The van der Waals surface area contributed by atoms with E-state index in [9.17, 15) is 0 Å². The molecule has 98 valence electrons. The Morgan fingerprint density at radius 2 is 2.24 bits per heavy atom. The summed E-state index contributed by atoms with van der Waals surface area (Å²) in [6.45, 7) is 5.76. The lowest BCUT2D eigenvalue weighted by Gasteiger charge is -2.18. The van der Waals surface area contributed by atoms with Crippen molar-refractivity contribution in [3.63, 3.8) is 0 Å². The summed E-state index contributed by atoms with van der Waals surface area (Å²) in [5.41, 5.74) is 0. The van der Waals surface area contributed by atoms with Crippen molar-refractivity contribution >= 4 is 15.9 Å². The zero-order valence-electron chi connectivity index (χ0n) is 10.7. The molecule has 1 aromatic heterocycles. The van der Waals surface area contributed by atoms with Gasteiger partial charge < -0.3 is 19.4 Å². The number of nitrogens with zero attached hydrogens (tertiary/aromatic N) is 1. The molecule has 4 nitrogen and oxygen atoms in total. The van der Waals surface area contributed by atoms with Gasteiger partial charge in [0, 0.05) is 26.7 Å². The van der Waals surface area contributed by atoms with Crippen LogP contribution in [-0.2, 0) is 4.74 Å². The van der Waals surface area contributed by atoms with Crippen LogP contribution in [0.2, 0.25) is 0 Å². The topological polar surface area (TPSA) is 37.6 Å². The fourth-order valence-electron chi connectivity index (χ4n) is 1.49. The normalized spacial score (nSPS) is 13.2. The van der Waals surface area contributed by atoms with Crippen LogP contribution >= 0.6 is 15.9 Å². The predicted octanol–water partition coefficient (Wildman–Crippen LogP) is 2.27. The highest BCUT2D eigenvalue weighted by atomic mass is 79.9. The minimum atomic E-state index is 0.233. The average molecular weight is 305 g/mol. The van der Waals surface area contributed by atoms with Gasteiger partial charge in [0.25, 0.3) is 0 Å². The van der Waals surface area contributed by atoms with Crippen LogP contribution < -0.4 is 5.32 Å². The molecule has 17 heavy (non-hydrogen) atoms. The fourth-order valence-corrected chi connectivity index (χ4v) is 1.81. The zero-order valence-corrected chi connectivity index (χ0v) is 12.3. The first-order valence-electron chi connectivity index (χ1n) is 5.79. The third kappa shape index (κ3) is 5.68. The van der Waals surface area contributed by atoms with Crippen molar-refractivity contribution in [2.24, 2.45) is 0 Å². The molecule has 0 radical (unpaired) electrons. The van der Waals surface area contributed by atoms with E-state index in [1.54, 1.807) is 7.11 Å². The van der Waals surface area contributed by atoms with Crippen LogP contribution in [-0.4, -0.2) is 45.3 Å². The van der Waals surface area contributed by atoms with Crippen LogP contribution in [0, 0.1) is 0 Å². The van der Waals surface area contributed by atoms with Crippen LogP contribution in [0.4, 0.5) is 0 Å². The molecular formula is C12H21BrN2O2. The molecule has 0 spiro atoms. The Kier molecular flexibility index (Phi) is 6.80. The van der Waals surface area contributed by atoms with E-state index in [1.165, 1.54) is 0 Å². The lowest BCUT2D eigenvalue weighted by Crippen LogP contribution is -2.32. The summed E-state index contributed by atoms with van der Waals surface area (Å²) >= 11 is 3.30. The van der Waals surface area contributed by atoms with E-state index in [2.05, 4.69) is 40.1 Å². The number of nitrogens with one attached hydrogen (secondary N) is 1. The minimum Gasteiger partial charge on any atom is -0.453 e. The fraction of sp³-hybridized carbons (Fsp3) is 0.667. The molecule has 5 heteroatoms. The molecule has 1 aromatic rings. The summed E-state index contributed by atoms with van der Waals surface area (Å²) in [7, 11) is 3.82. The lowest BCUT2D eigenvalue weighted by molar-refractivity contribution is 0.161. The van der Waals surface area contributed by atoms with Gasteiger partial charge in [0.2, 0.25) is 0 Å². The molecule has 1 atom stereocenters. The summed E-state index contributed by atoms with van der Waals surface area (Å²) in [5, 5.41) is 3.42. The predicted molar refractivity (Wildman–Crippen MR) is 72.2 cm³/mol. The first-order valence-corrected chi connectivity index (χ1v) is 6.59. The molecule has 1 N–H and O–H groups in total. The van der Waals surface area contributed by atoms with Crippen molar-refractivity contribution in [2.45, 2.75) is 13.0 Å². The van der Waals surface area contributed by atoms with E-state index in [0.717, 1.165) is 36.7 Å². The van der Waals surface area contributed by atoms with Gasteiger partial charge in [0.1, 0.15) is 5.76 Å². The van der Waals surface area contributed by atoms with Gasteiger partial charge in [-0.05, 0) is 42.0 Å². The van der Waals surface area contributed by atoms with Gasteiger partial charge in [-0.15, -0.1) is 0 Å². The van der Waals surface area contributed by atoms with Gasteiger partial charge in [-0.2, -0.15) is 0 Å². The van der Waals surface area contributed by atoms with E-state index in [-0.39, 0.29) is 6.04 Å². The second-order valence-corrected chi connectivity index (χ2v) is 4.90.